The van der Waals surface area contributed by atoms with E-state index in [1.54, 1.807) is 11.8 Å². The van der Waals surface area contributed by atoms with E-state index >= 15 is 0 Å². The summed E-state index contributed by atoms with van der Waals surface area (Å²) in [7, 11) is 0. The normalized spacial score (nSPS) is 10.5. The van der Waals surface area contributed by atoms with Crippen LogP contribution in [-0.2, 0) is 11.5 Å². The first-order valence-electron chi connectivity index (χ1n) is 6.93. The van der Waals surface area contributed by atoms with Gasteiger partial charge in [-0.05, 0) is 29.3 Å². The van der Waals surface area contributed by atoms with Crippen LogP contribution < -0.4 is 11.5 Å². The van der Waals surface area contributed by atoms with Crippen LogP contribution in [0.2, 0.25) is 5.02 Å². The number of amidine groups is 2. The van der Waals surface area contributed by atoms with Crippen LogP contribution in [0.3, 0.4) is 0 Å². The molecule has 2 rings (SSSR count). The molecule has 0 heterocycles. The Morgan fingerprint density at radius 3 is 2.08 bits per heavy atom. The molecule has 0 spiro atoms. The summed E-state index contributed by atoms with van der Waals surface area (Å²) < 4.78 is 0. The van der Waals surface area contributed by atoms with Crippen LogP contribution in [0.15, 0.2) is 52.3 Å². The second-order valence-corrected chi connectivity index (χ2v) is 8.32. The Kier molecular flexibility index (Phi) is 7.36. The van der Waals surface area contributed by atoms with E-state index in [0.29, 0.717) is 16.5 Å². The molecule has 126 valence electrons. The molecule has 24 heavy (non-hydrogen) atoms. The van der Waals surface area contributed by atoms with E-state index < -0.39 is 0 Å². The van der Waals surface area contributed by atoms with Crippen molar-refractivity contribution in [3.05, 3.63) is 58.6 Å². The highest BCUT2D eigenvalue weighted by Gasteiger charge is 2.10. The van der Waals surface area contributed by atoms with Gasteiger partial charge in [-0.1, -0.05) is 71.2 Å². The quantitative estimate of drug-likeness (QED) is 0.417. The topological polar surface area (TPSA) is 99.7 Å². The molecule has 0 radical (unpaired) electrons. The zero-order valence-corrected chi connectivity index (χ0v) is 15.9. The van der Waals surface area contributed by atoms with Crippen molar-refractivity contribution in [2.24, 2.45) is 11.5 Å². The van der Waals surface area contributed by atoms with Crippen LogP contribution in [-0.4, -0.2) is 10.3 Å². The summed E-state index contributed by atoms with van der Waals surface area (Å²) in [6.07, 6.45) is 0. The van der Waals surface area contributed by atoms with Crippen molar-refractivity contribution >= 4 is 57.2 Å². The van der Waals surface area contributed by atoms with Gasteiger partial charge < -0.3 is 11.5 Å². The summed E-state index contributed by atoms with van der Waals surface area (Å²) in [5, 5.41) is 15.6. The predicted molar refractivity (Wildman–Crippen MR) is 108 cm³/mol. The summed E-state index contributed by atoms with van der Waals surface area (Å²) >= 11 is 10.4. The van der Waals surface area contributed by atoms with Crippen molar-refractivity contribution in [3.63, 3.8) is 0 Å². The number of nitrogens with one attached hydrogen (secondary N) is 2. The first-order chi connectivity index (χ1) is 11.5. The van der Waals surface area contributed by atoms with Gasteiger partial charge in [-0.25, -0.2) is 0 Å². The Labute approximate surface area is 159 Å². The van der Waals surface area contributed by atoms with Gasteiger partial charge in [0.2, 0.25) is 0 Å². The molecule has 6 N–H and O–H groups in total. The number of hydrogen-bond acceptors (Lipinski definition) is 5. The highest BCUT2D eigenvalue weighted by molar-refractivity contribution is 8.13. The number of nitrogens with two attached hydrogens (primary N) is 2. The lowest BCUT2D eigenvalue weighted by Crippen LogP contribution is -2.04. The van der Waals surface area contributed by atoms with E-state index in [1.165, 1.54) is 23.5 Å². The molecule has 0 atom stereocenters. The van der Waals surface area contributed by atoms with Crippen molar-refractivity contribution in [1.29, 1.82) is 10.8 Å². The number of hydrogen-bond donors (Lipinski definition) is 4. The summed E-state index contributed by atoms with van der Waals surface area (Å²) in [6.45, 7) is 0. The third kappa shape index (κ3) is 5.98. The van der Waals surface area contributed by atoms with Gasteiger partial charge >= 0.3 is 0 Å². The van der Waals surface area contributed by atoms with Gasteiger partial charge in [0.05, 0.1) is 0 Å². The fourth-order valence-electron chi connectivity index (χ4n) is 1.89. The Morgan fingerprint density at radius 2 is 1.46 bits per heavy atom. The summed E-state index contributed by atoms with van der Waals surface area (Å²) in [5.41, 5.74) is 13.1. The van der Waals surface area contributed by atoms with Gasteiger partial charge in [-0.15, -0.1) is 0 Å². The molecule has 0 saturated carbocycles. The largest absolute Gasteiger partial charge is 0.379 e. The van der Waals surface area contributed by atoms with Crippen LogP contribution in [0.5, 0.6) is 0 Å². The fraction of sp³-hybridized carbons (Fsp3) is 0.125. The highest BCUT2D eigenvalue weighted by Crippen LogP contribution is 2.36. The maximum Gasteiger partial charge on any atom is 0.151 e. The van der Waals surface area contributed by atoms with Crippen molar-refractivity contribution in [2.45, 2.75) is 21.3 Å². The van der Waals surface area contributed by atoms with Gasteiger partial charge in [0.25, 0.3) is 0 Å². The lowest BCUT2D eigenvalue weighted by atomic mass is 10.2. The predicted octanol–water partition coefficient (Wildman–Crippen LogP) is 4.74. The molecular weight excluding hydrogens is 380 g/mol. The first kappa shape index (κ1) is 19.1. The van der Waals surface area contributed by atoms with Crippen LogP contribution in [0.4, 0.5) is 0 Å². The lowest BCUT2D eigenvalue weighted by molar-refractivity contribution is 1.23. The zero-order valence-electron chi connectivity index (χ0n) is 12.7. The number of benzene rings is 2. The second kappa shape index (κ2) is 9.27. The molecule has 0 fully saturated rings. The molecule has 0 unspecified atom stereocenters. The summed E-state index contributed by atoms with van der Waals surface area (Å²) in [6, 6.07) is 13.8. The molecule has 0 aliphatic rings. The van der Waals surface area contributed by atoms with Crippen LogP contribution in [0.25, 0.3) is 0 Å². The summed E-state index contributed by atoms with van der Waals surface area (Å²) in [5.74, 6) is 1.27. The van der Waals surface area contributed by atoms with E-state index in [2.05, 4.69) is 0 Å². The van der Waals surface area contributed by atoms with E-state index in [-0.39, 0.29) is 10.3 Å². The average molecular weight is 397 g/mol. The minimum absolute atomic E-state index is 0.0964. The highest BCUT2D eigenvalue weighted by atomic mass is 35.5. The molecule has 0 bridgehead atoms. The molecule has 0 aliphatic heterocycles. The Hall–Kier alpha value is -1.28. The second-order valence-electron chi connectivity index (χ2n) is 4.77. The molecule has 2 aromatic rings. The maximum absolute atomic E-state index is 7.38. The monoisotopic (exact) mass is 396 g/mol. The molecule has 0 amide bonds. The molecule has 8 heteroatoms. The molecule has 2 aromatic carbocycles. The molecule has 0 aliphatic carbocycles. The average Bonchev–Trinajstić information content (AvgIpc) is 2.53. The summed E-state index contributed by atoms with van der Waals surface area (Å²) in [4.78, 5) is 2.14. The minimum atomic E-state index is 0.0964. The van der Waals surface area contributed by atoms with Crippen LogP contribution in [0, 0.1) is 10.8 Å². The van der Waals surface area contributed by atoms with Crippen molar-refractivity contribution in [2.75, 3.05) is 0 Å². The van der Waals surface area contributed by atoms with Gasteiger partial charge in [0.1, 0.15) is 0 Å². The number of rotatable bonds is 6. The Bertz CT molecular complexity index is 752. The van der Waals surface area contributed by atoms with Crippen molar-refractivity contribution < 1.29 is 0 Å². The van der Waals surface area contributed by atoms with E-state index in [9.17, 15) is 0 Å². The molecule has 0 aromatic heterocycles. The van der Waals surface area contributed by atoms with Gasteiger partial charge in [-0.2, -0.15) is 0 Å². The molecular formula is C16H17ClN4S3. The maximum atomic E-state index is 7.38. The number of halogens is 1. The first-order valence-corrected chi connectivity index (χ1v) is 10.1. The Balaban J connectivity index is 2.25. The Morgan fingerprint density at radius 1 is 0.875 bits per heavy atom. The van der Waals surface area contributed by atoms with Gasteiger partial charge in [0, 0.05) is 26.3 Å². The van der Waals surface area contributed by atoms with E-state index in [1.807, 2.05) is 42.5 Å². The SMILES string of the molecule is N=C(N)SCc1ccccc1Sc1cc(Cl)ccc1CSC(=N)N. The molecule has 0 saturated heterocycles. The third-order valence-corrected chi connectivity index (χ3v) is 5.97. The van der Waals surface area contributed by atoms with Crippen LogP contribution >= 0.6 is 46.9 Å². The third-order valence-electron chi connectivity index (χ3n) is 2.99. The van der Waals surface area contributed by atoms with E-state index in [4.69, 9.17) is 33.9 Å². The van der Waals surface area contributed by atoms with Crippen LogP contribution in [0.1, 0.15) is 11.1 Å². The van der Waals surface area contributed by atoms with Gasteiger partial charge in [0.15, 0.2) is 10.3 Å². The minimum Gasteiger partial charge on any atom is -0.379 e. The zero-order chi connectivity index (χ0) is 17.5. The number of thioether (sulfide) groups is 2. The van der Waals surface area contributed by atoms with Gasteiger partial charge in [-0.3, -0.25) is 10.8 Å². The molecule has 4 nitrogen and oxygen atoms in total. The van der Waals surface area contributed by atoms with Crippen molar-refractivity contribution in [1.82, 2.24) is 0 Å². The standard InChI is InChI=1S/C16H17ClN4S3/c17-12-6-5-11(9-23-16(20)21)14(7-12)24-13-4-2-1-3-10(13)8-22-15(18)19/h1-7H,8-9H2,(H3,18,19)(H3,20,21). The smallest absolute Gasteiger partial charge is 0.151 e. The fourth-order valence-corrected chi connectivity index (χ4v) is 4.55. The van der Waals surface area contributed by atoms with Crippen molar-refractivity contribution in [3.8, 4) is 0 Å². The van der Waals surface area contributed by atoms with E-state index in [0.717, 1.165) is 20.9 Å². The lowest BCUT2D eigenvalue weighted by Gasteiger charge is -2.12.